The molecule has 1 heterocycles. The molecular formula is C22H24N2O9S. The molecule has 0 radical (unpaired) electrons. The molecule has 0 fully saturated rings. The number of ether oxygens (including phenoxy) is 4. The molecule has 0 aliphatic carbocycles. The molecule has 0 saturated carbocycles. The molecule has 182 valence electrons. The second-order valence-electron chi connectivity index (χ2n) is 6.62. The summed E-state index contributed by atoms with van der Waals surface area (Å²) in [5, 5.41) is 12.0. The minimum absolute atomic E-state index is 0.0291. The largest absolute Gasteiger partial charge is 0.496 e. The first-order valence-electron chi connectivity index (χ1n) is 9.58. The summed E-state index contributed by atoms with van der Waals surface area (Å²) in [6.45, 7) is 0. The smallest absolute Gasteiger partial charge is 0.328 e. The summed E-state index contributed by atoms with van der Waals surface area (Å²) in [5.74, 6) is -1.26. The van der Waals surface area contributed by atoms with Gasteiger partial charge in [0, 0.05) is 35.9 Å². The lowest BCUT2D eigenvalue weighted by molar-refractivity contribution is -0.131. The molecule has 0 aliphatic heterocycles. The Kier molecular flexibility index (Phi) is 9.01. The predicted molar refractivity (Wildman–Crippen MR) is 124 cm³/mol. The highest BCUT2D eigenvalue weighted by molar-refractivity contribution is 7.93. The van der Waals surface area contributed by atoms with Crippen LogP contribution in [-0.2, 0) is 25.2 Å². The Labute approximate surface area is 196 Å². The van der Waals surface area contributed by atoms with Gasteiger partial charge in [-0.15, -0.1) is 0 Å². The third-order valence-electron chi connectivity index (χ3n) is 4.30. The number of nitrogens with zero attached hydrogens (tertiary/aromatic N) is 1. The fraction of sp³-hybridized carbons (Fsp3) is 0.227. The number of carboxylic acids is 1. The Balaban J connectivity index is 2.31. The van der Waals surface area contributed by atoms with Crippen LogP contribution in [0.25, 0.3) is 6.08 Å². The fourth-order valence-electron chi connectivity index (χ4n) is 2.80. The topological polar surface area (TPSA) is 150 Å². The average molecular weight is 493 g/mol. The number of carbonyl (C=O) groups excluding carboxylic acids is 1. The van der Waals surface area contributed by atoms with E-state index in [9.17, 15) is 18.0 Å². The zero-order chi connectivity index (χ0) is 25.3. The van der Waals surface area contributed by atoms with Crippen LogP contribution in [0.5, 0.6) is 23.1 Å². The van der Waals surface area contributed by atoms with E-state index < -0.39 is 27.5 Å². The number of carboxylic acid groups (broad SMARTS) is 1. The lowest BCUT2D eigenvalue weighted by Crippen LogP contribution is -2.11. The molecule has 12 heteroatoms. The highest BCUT2D eigenvalue weighted by Gasteiger charge is 2.16. The number of amides is 1. The highest BCUT2D eigenvalue weighted by atomic mass is 32.2. The van der Waals surface area contributed by atoms with Crippen molar-refractivity contribution in [3.8, 4) is 23.1 Å². The highest BCUT2D eigenvalue weighted by Crippen LogP contribution is 2.35. The molecule has 0 saturated heterocycles. The number of hydrogen-bond acceptors (Lipinski definition) is 9. The minimum atomic E-state index is -3.79. The van der Waals surface area contributed by atoms with Crippen molar-refractivity contribution in [3.05, 3.63) is 53.1 Å². The van der Waals surface area contributed by atoms with E-state index in [0.29, 0.717) is 28.9 Å². The van der Waals surface area contributed by atoms with Crippen LogP contribution in [0, 0.1) is 0 Å². The summed E-state index contributed by atoms with van der Waals surface area (Å²) in [7, 11) is 1.88. The fourth-order valence-corrected chi connectivity index (χ4v) is 3.86. The van der Waals surface area contributed by atoms with Crippen LogP contribution in [0.3, 0.4) is 0 Å². The van der Waals surface area contributed by atoms with Crippen LogP contribution in [0.4, 0.5) is 5.69 Å². The van der Waals surface area contributed by atoms with E-state index in [0.717, 1.165) is 11.5 Å². The van der Waals surface area contributed by atoms with Gasteiger partial charge in [-0.05, 0) is 17.7 Å². The van der Waals surface area contributed by atoms with E-state index in [1.54, 1.807) is 12.1 Å². The molecule has 2 N–H and O–H groups in total. The number of benzene rings is 1. The molecule has 11 nitrogen and oxygen atoms in total. The van der Waals surface area contributed by atoms with Crippen molar-refractivity contribution in [2.24, 2.45) is 0 Å². The van der Waals surface area contributed by atoms with Gasteiger partial charge in [0.25, 0.3) is 0 Å². The summed E-state index contributed by atoms with van der Waals surface area (Å²) in [6.07, 6.45) is 4.11. The van der Waals surface area contributed by atoms with Gasteiger partial charge in [0.15, 0.2) is 9.84 Å². The number of hydrogen-bond donors (Lipinski definition) is 2. The number of carbonyl (C=O) groups is 2. The predicted octanol–water partition coefficient (Wildman–Crippen LogP) is 2.28. The third kappa shape index (κ3) is 7.24. The maximum atomic E-state index is 12.7. The molecule has 1 aromatic heterocycles. The molecule has 1 amide bonds. The number of pyridine rings is 1. The Hall–Kier alpha value is -4.06. The minimum Gasteiger partial charge on any atom is -0.496 e. The summed E-state index contributed by atoms with van der Waals surface area (Å²) < 4.78 is 46.4. The van der Waals surface area contributed by atoms with Crippen LogP contribution in [0.15, 0.2) is 42.0 Å². The van der Waals surface area contributed by atoms with Crippen molar-refractivity contribution >= 4 is 33.5 Å². The Morgan fingerprint density at radius 1 is 1.00 bits per heavy atom. The summed E-state index contributed by atoms with van der Waals surface area (Å²) in [5.41, 5.74) is 0.745. The average Bonchev–Trinajstić information content (AvgIpc) is 2.80. The number of aliphatic carboxylic acids is 1. The number of anilines is 1. The standard InChI is InChI=1S/C22H24N2O9S/c1-30-15-10-18(31-2)16(19(11-15)32-3)7-8-34(28,29)13-14-9-17(22(33-4)23-12-14)24-20(25)5-6-21(26)27/h5-12H,13H2,1-4H3,(H,24,25)(H,26,27). The molecule has 0 unspecified atom stereocenters. The number of methoxy groups -OCH3 is 4. The van der Waals surface area contributed by atoms with E-state index in [1.807, 2.05) is 0 Å². The molecular weight excluding hydrogens is 468 g/mol. The van der Waals surface area contributed by atoms with Gasteiger partial charge >= 0.3 is 5.97 Å². The zero-order valence-corrected chi connectivity index (χ0v) is 19.7. The van der Waals surface area contributed by atoms with E-state index in [-0.39, 0.29) is 17.1 Å². The van der Waals surface area contributed by atoms with Crippen molar-refractivity contribution in [2.45, 2.75) is 5.75 Å². The van der Waals surface area contributed by atoms with E-state index in [2.05, 4.69) is 10.3 Å². The van der Waals surface area contributed by atoms with E-state index >= 15 is 0 Å². The maximum absolute atomic E-state index is 12.7. The Bertz CT molecular complexity index is 1200. The first kappa shape index (κ1) is 26.2. The normalized spacial score (nSPS) is 11.4. The van der Waals surface area contributed by atoms with Crippen LogP contribution in [0.1, 0.15) is 11.1 Å². The van der Waals surface area contributed by atoms with Crippen LogP contribution in [0.2, 0.25) is 0 Å². The van der Waals surface area contributed by atoms with Crippen molar-refractivity contribution < 1.29 is 42.1 Å². The first-order valence-corrected chi connectivity index (χ1v) is 11.3. The summed E-state index contributed by atoms with van der Waals surface area (Å²) in [6, 6.07) is 4.56. The summed E-state index contributed by atoms with van der Waals surface area (Å²) >= 11 is 0. The van der Waals surface area contributed by atoms with Crippen LogP contribution in [-0.4, -0.2) is 58.8 Å². The van der Waals surface area contributed by atoms with Gasteiger partial charge in [0.2, 0.25) is 11.8 Å². The van der Waals surface area contributed by atoms with Gasteiger partial charge in [0.05, 0.1) is 39.8 Å². The third-order valence-corrected chi connectivity index (χ3v) is 5.59. The van der Waals surface area contributed by atoms with Gasteiger partial charge in [-0.3, -0.25) is 4.79 Å². The van der Waals surface area contributed by atoms with E-state index in [1.165, 1.54) is 46.8 Å². The summed E-state index contributed by atoms with van der Waals surface area (Å²) in [4.78, 5) is 26.5. The van der Waals surface area contributed by atoms with Gasteiger partial charge in [-0.25, -0.2) is 18.2 Å². The van der Waals surface area contributed by atoms with E-state index in [4.69, 9.17) is 24.1 Å². The van der Waals surface area contributed by atoms with Gasteiger partial charge in [-0.1, -0.05) is 0 Å². The maximum Gasteiger partial charge on any atom is 0.328 e. The van der Waals surface area contributed by atoms with Crippen molar-refractivity contribution in [1.29, 1.82) is 0 Å². The van der Waals surface area contributed by atoms with Crippen molar-refractivity contribution in [1.82, 2.24) is 4.98 Å². The molecule has 0 aliphatic rings. The molecule has 2 aromatic rings. The number of nitrogens with one attached hydrogen (secondary N) is 1. The van der Waals surface area contributed by atoms with Crippen LogP contribution < -0.4 is 24.3 Å². The monoisotopic (exact) mass is 492 g/mol. The van der Waals surface area contributed by atoms with Gasteiger partial charge in [0.1, 0.15) is 22.9 Å². The number of rotatable bonds is 11. The Morgan fingerprint density at radius 2 is 1.65 bits per heavy atom. The molecule has 2 rings (SSSR count). The molecule has 0 spiro atoms. The van der Waals surface area contributed by atoms with Crippen LogP contribution >= 0.6 is 0 Å². The number of sulfone groups is 1. The lowest BCUT2D eigenvalue weighted by atomic mass is 10.1. The molecule has 0 bridgehead atoms. The van der Waals surface area contributed by atoms with Crippen molar-refractivity contribution in [3.63, 3.8) is 0 Å². The zero-order valence-electron chi connectivity index (χ0n) is 18.9. The van der Waals surface area contributed by atoms with Gasteiger partial charge < -0.3 is 29.4 Å². The molecule has 34 heavy (non-hydrogen) atoms. The Morgan fingerprint density at radius 3 is 2.18 bits per heavy atom. The van der Waals surface area contributed by atoms with Gasteiger partial charge in [-0.2, -0.15) is 0 Å². The lowest BCUT2D eigenvalue weighted by Gasteiger charge is -2.12. The SMILES string of the molecule is COc1cc(OC)c(C=CS(=O)(=O)Cc2cnc(OC)c(NC(=O)C=CC(=O)O)c2)c(OC)c1. The quantitative estimate of drug-likeness (QED) is 0.447. The first-order chi connectivity index (χ1) is 16.1. The van der Waals surface area contributed by atoms with Crippen molar-refractivity contribution in [2.75, 3.05) is 33.8 Å². The molecule has 0 atom stereocenters. The molecule has 1 aromatic carbocycles. The number of aromatic nitrogens is 1. The second kappa shape index (κ2) is 11.7. The second-order valence-corrected chi connectivity index (χ2v) is 8.50.